The van der Waals surface area contributed by atoms with Crippen LogP contribution in [-0.4, -0.2) is 61.9 Å². The third-order valence-electron chi connectivity index (χ3n) is 9.10. The number of aromatic nitrogens is 2. The summed E-state index contributed by atoms with van der Waals surface area (Å²) in [5.41, 5.74) is -6.92. The van der Waals surface area contributed by atoms with E-state index in [1.165, 1.54) is 24.2 Å². The van der Waals surface area contributed by atoms with Gasteiger partial charge >= 0.3 is 12.4 Å². The van der Waals surface area contributed by atoms with Gasteiger partial charge in [0.1, 0.15) is 23.4 Å². The number of benzene rings is 2. The van der Waals surface area contributed by atoms with Crippen LogP contribution in [0.25, 0.3) is 11.3 Å². The molecule has 18 heteroatoms. The lowest BCUT2D eigenvalue weighted by atomic mass is 9.88. The van der Waals surface area contributed by atoms with E-state index in [0.717, 1.165) is 23.9 Å². The molecule has 2 amide bonds. The number of hydrazine groups is 1. The van der Waals surface area contributed by atoms with Crippen LogP contribution in [0.3, 0.4) is 0 Å². The first-order valence-electron chi connectivity index (χ1n) is 16.1. The molecule has 2 aromatic carbocycles. The van der Waals surface area contributed by atoms with Gasteiger partial charge in [-0.25, -0.2) is 19.4 Å². The summed E-state index contributed by atoms with van der Waals surface area (Å²) in [7, 11) is 1.44. The maximum absolute atomic E-state index is 15.4. The third kappa shape index (κ3) is 7.82. The molecule has 3 aromatic rings. The average molecular weight is 760 g/mol. The molecular weight excluding hydrogens is 726 g/mol. The topological polar surface area (TPSA) is 108 Å². The van der Waals surface area contributed by atoms with Crippen molar-refractivity contribution in [2.45, 2.75) is 69.4 Å². The van der Waals surface area contributed by atoms with E-state index >= 15 is 8.78 Å². The highest BCUT2D eigenvalue weighted by atomic mass is 32.1. The van der Waals surface area contributed by atoms with Crippen molar-refractivity contribution in [2.24, 2.45) is 0 Å². The van der Waals surface area contributed by atoms with Crippen LogP contribution < -0.4 is 10.1 Å². The van der Waals surface area contributed by atoms with E-state index in [0.29, 0.717) is 49.5 Å². The Morgan fingerprint density at radius 1 is 0.981 bits per heavy atom. The minimum absolute atomic E-state index is 0.128. The molecule has 0 saturated heterocycles. The largest absolute Gasteiger partial charge is 0.509 e. The summed E-state index contributed by atoms with van der Waals surface area (Å²) in [5.74, 6) is -5.40. The molecule has 0 bridgehead atoms. The Kier molecular flexibility index (Phi) is 11.4. The molecule has 1 saturated carbocycles. The number of carbonyl (C=O) groups is 2. The quantitative estimate of drug-likeness (QED) is 0.0791. The monoisotopic (exact) mass is 759 g/mol. The lowest BCUT2D eigenvalue weighted by molar-refractivity contribution is -0.163. The van der Waals surface area contributed by atoms with Crippen LogP contribution in [0.4, 0.5) is 40.8 Å². The number of unbranched alkanes of at least 4 members (excludes halogenated alkanes) is 2. The number of amides is 2. The van der Waals surface area contributed by atoms with E-state index in [2.05, 4.69) is 27.9 Å². The zero-order valence-electron chi connectivity index (χ0n) is 27.5. The molecule has 0 radical (unpaired) electrons. The molecule has 2 N–H and O–H groups in total. The molecule has 1 aliphatic heterocycles. The number of ether oxygens (including phenoxy) is 1. The Labute approximate surface area is 298 Å². The summed E-state index contributed by atoms with van der Waals surface area (Å²) in [5, 5.41) is 16.1. The molecule has 1 fully saturated rings. The van der Waals surface area contributed by atoms with Crippen LogP contribution in [0.5, 0.6) is 5.75 Å². The maximum atomic E-state index is 15.4. The Hall–Kier alpha value is -4.45. The number of aliphatic hydroxyl groups excluding tert-OH is 1. The fraction of sp³-hybridized carbons (Fsp3) is 0.412. The van der Waals surface area contributed by atoms with Gasteiger partial charge in [0.25, 0.3) is 11.8 Å². The van der Waals surface area contributed by atoms with E-state index < -0.39 is 87.4 Å². The molecule has 0 atom stereocenters. The normalized spacial score (nSPS) is 16.6. The van der Waals surface area contributed by atoms with E-state index in [1.54, 1.807) is 0 Å². The van der Waals surface area contributed by atoms with Gasteiger partial charge in [-0.05, 0) is 68.2 Å². The van der Waals surface area contributed by atoms with Crippen molar-refractivity contribution in [1.82, 2.24) is 20.0 Å². The van der Waals surface area contributed by atoms with Gasteiger partial charge in [0.15, 0.2) is 11.6 Å². The van der Waals surface area contributed by atoms with Crippen molar-refractivity contribution in [3.63, 3.8) is 0 Å². The molecule has 5 rings (SSSR count). The number of anilines is 1. The number of likely N-dealkylation sites (N-methyl/N-ethyl adjacent to an activating group) is 1. The summed E-state index contributed by atoms with van der Waals surface area (Å²) in [4.78, 5) is 34.6. The van der Waals surface area contributed by atoms with Crippen molar-refractivity contribution >= 4 is 30.1 Å². The fourth-order valence-electron chi connectivity index (χ4n) is 6.31. The second-order valence-electron chi connectivity index (χ2n) is 12.3. The lowest BCUT2D eigenvalue weighted by Gasteiger charge is -2.48. The van der Waals surface area contributed by atoms with Gasteiger partial charge < -0.3 is 15.2 Å². The molecule has 1 spiro atoms. The van der Waals surface area contributed by atoms with Gasteiger partial charge in [-0.3, -0.25) is 14.6 Å². The highest BCUT2D eigenvalue weighted by molar-refractivity contribution is 7.80. The number of aliphatic hydroxyl groups is 1. The number of rotatable bonds is 11. The SMILES string of the molecule is CN1N(Cc2ccc(OCCCCCS)c(F)c2F)C(=O)C(C(=O)Nc2ccc(C(F)(F)F)cc2-c2cc(C(F)(F)F)ncn2)=C(O)C12CCCC2. The zero-order chi connectivity index (χ0) is 38.0. The van der Waals surface area contributed by atoms with Gasteiger partial charge in [0, 0.05) is 18.2 Å². The summed E-state index contributed by atoms with van der Waals surface area (Å²) in [6.45, 7) is -0.470. The smallest absolute Gasteiger partial charge is 0.433 e. The number of carbonyl (C=O) groups excluding carboxylic acids is 2. The third-order valence-corrected chi connectivity index (χ3v) is 9.42. The number of nitrogens with zero attached hydrogens (tertiary/aromatic N) is 4. The number of nitrogens with one attached hydrogen (secondary N) is 1. The van der Waals surface area contributed by atoms with Crippen molar-refractivity contribution in [1.29, 1.82) is 0 Å². The van der Waals surface area contributed by atoms with Gasteiger partial charge in [-0.15, -0.1) is 0 Å². The Morgan fingerprint density at radius 2 is 1.69 bits per heavy atom. The number of hydrogen-bond acceptors (Lipinski definition) is 8. The summed E-state index contributed by atoms with van der Waals surface area (Å²) in [6, 6.07) is 4.62. The second kappa shape index (κ2) is 15.3. The Morgan fingerprint density at radius 3 is 2.35 bits per heavy atom. The molecule has 9 nitrogen and oxygen atoms in total. The lowest BCUT2D eigenvalue weighted by Crippen LogP contribution is -2.62. The van der Waals surface area contributed by atoms with Crippen LogP contribution in [-0.2, 0) is 28.5 Å². The summed E-state index contributed by atoms with van der Waals surface area (Å²) in [6.07, 6.45) is -5.69. The maximum Gasteiger partial charge on any atom is 0.433 e. The highest BCUT2D eigenvalue weighted by Gasteiger charge is 2.53. The molecule has 1 aliphatic carbocycles. The Balaban J connectivity index is 1.49. The standard InChI is InChI=1S/C34H33F8N5O4S/c1-46-32(11-3-4-12-32)29(48)26(31(50)47(46)17-19-7-10-24(28(36)27(19)35)51-13-5-2-6-14-52)30(49)45-22-9-8-20(33(37,38)39)15-21(22)23-16-25(34(40,41)42)44-18-43-23/h7-10,15-16,18,48,52H,2-6,11-14,17H2,1H3,(H,45,49). The van der Waals surface area contributed by atoms with Gasteiger partial charge in [-0.1, -0.05) is 18.9 Å². The Bertz CT molecular complexity index is 1860. The van der Waals surface area contributed by atoms with Crippen LogP contribution in [0, 0.1) is 11.6 Å². The van der Waals surface area contributed by atoms with E-state index in [9.17, 15) is 41.0 Å². The average Bonchev–Trinajstić information content (AvgIpc) is 3.59. The van der Waals surface area contributed by atoms with Crippen LogP contribution >= 0.6 is 12.6 Å². The predicted octanol–water partition coefficient (Wildman–Crippen LogP) is 7.89. The molecular formula is C34H33F8N5O4S. The van der Waals surface area contributed by atoms with Crippen molar-refractivity contribution < 1.29 is 54.6 Å². The van der Waals surface area contributed by atoms with Crippen LogP contribution in [0.1, 0.15) is 61.8 Å². The molecule has 1 aromatic heterocycles. The summed E-state index contributed by atoms with van der Waals surface area (Å²) < 4.78 is 117. The van der Waals surface area contributed by atoms with Gasteiger partial charge in [0.05, 0.1) is 35.6 Å². The molecule has 0 unspecified atom stereocenters. The van der Waals surface area contributed by atoms with Gasteiger partial charge in [-0.2, -0.15) is 43.4 Å². The van der Waals surface area contributed by atoms with E-state index in [4.69, 9.17) is 4.74 Å². The first-order valence-corrected chi connectivity index (χ1v) is 16.7. The van der Waals surface area contributed by atoms with Crippen molar-refractivity contribution in [3.8, 4) is 17.0 Å². The molecule has 2 aliphatic rings. The van der Waals surface area contributed by atoms with Crippen molar-refractivity contribution in [2.75, 3.05) is 24.7 Å². The molecule has 52 heavy (non-hydrogen) atoms. The molecule has 2 heterocycles. The zero-order valence-corrected chi connectivity index (χ0v) is 28.4. The first kappa shape index (κ1) is 38.8. The number of hydrogen-bond donors (Lipinski definition) is 3. The van der Waals surface area contributed by atoms with Gasteiger partial charge in [0.2, 0.25) is 5.82 Å². The summed E-state index contributed by atoms with van der Waals surface area (Å²) >= 11 is 4.12. The number of halogens is 8. The molecule has 280 valence electrons. The minimum atomic E-state index is -4.99. The van der Waals surface area contributed by atoms with Crippen LogP contribution in [0.2, 0.25) is 0 Å². The minimum Gasteiger partial charge on any atom is -0.509 e. The van der Waals surface area contributed by atoms with Crippen LogP contribution in [0.15, 0.2) is 54.1 Å². The van der Waals surface area contributed by atoms with E-state index in [-0.39, 0.29) is 30.8 Å². The first-order chi connectivity index (χ1) is 24.5. The second-order valence-corrected chi connectivity index (χ2v) is 12.8. The predicted molar refractivity (Wildman–Crippen MR) is 175 cm³/mol. The van der Waals surface area contributed by atoms with E-state index in [1.807, 2.05) is 0 Å². The fourth-order valence-corrected chi connectivity index (χ4v) is 6.54. The highest BCUT2D eigenvalue weighted by Crippen LogP contribution is 2.45. The van der Waals surface area contributed by atoms with Crippen molar-refractivity contribution in [3.05, 3.63) is 82.5 Å². The number of alkyl halides is 6. The number of thiol groups is 1.